The van der Waals surface area contributed by atoms with E-state index in [1.54, 1.807) is 40.0 Å². The molecule has 1 spiro atoms. The number of aliphatic hydroxyl groups is 3. The molecule has 2 unspecified atom stereocenters. The molecule has 37 heavy (non-hydrogen) atoms. The molecule has 5 rings (SSSR count). The number of hydrogen-bond donors (Lipinski definition) is 3. The van der Waals surface area contributed by atoms with Gasteiger partial charge in [0.25, 0.3) is 0 Å². The molecular formula is C28H38N2O7. The van der Waals surface area contributed by atoms with E-state index in [9.17, 15) is 24.9 Å². The van der Waals surface area contributed by atoms with Crippen molar-refractivity contribution < 1.29 is 34.2 Å². The van der Waals surface area contributed by atoms with E-state index in [0.717, 1.165) is 5.56 Å². The lowest BCUT2D eigenvalue weighted by atomic mass is 9.59. The molecule has 202 valence electrons. The van der Waals surface area contributed by atoms with Crippen molar-refractivity contribution in [2.45, 2.75) is 72.3 Å². The third-order valence-corrected chi connectivity index (χ3v) is 10.0. The fourth-order valence-corrected chi connectivity index (χ4v) is 7.81. The van der Waals surface area contributed by atoms with Crippen LogP contribution in [0.15, 0.2) is 27.8 Å². The van der Waals surface area contributed by atoms with E-state index in [4.69, 9.17) is 9.26 Å². The van der Waals surface area contributed by atoms with Gasteiger partial charge in [0.1, 0.15) is 11.9 Å². The quantitative estimate of drug-likeness (QED) is 0.523. The number of nitrogens with zero attached hydrogens (tertiary/aromatic N) is 2. The highest BCUT2D eigenvalue weighted by molar-refractivity contribution is 5.95. The number of aliphatic hydroxyl groups excluding tert-OH is 2. The zero-order valence-electron chi connectivity index (χ0n) is 22.6. The molecule has 9 nitrogen and oxygen atoms in total. The van der Waals surface area contributed by atoms with Crippen LogP contribution in [0.5, 0.6) is 0 Å². The van der Waals surface area contributed by atoms with Gasteiger partial charge in [-0.2, -0.15) is 0 Å². The van der Waals surface area contributed by atoms with Crippen molar-refractivity contribution >= 4 is 11.9 Å². The normalized spacial score (nSPS) is 39.6. The van der Waals surface area contributed by atoms with Crippen LogP contribution >= 0.6 is 0 Å². The molecule has 8 atom stereocenters. The van der Waals surface area contributed by atoms with Crippen molar-refractivity contribution in [2.75, 3.05) is 13.7 Å². The van der Waals surface area contributed by atoms with Gasteiger partial charge in [0.05, 0.1) is 24.3 Å². The third kappa shape index (κ3) is 3.29. The topological polar surface area (TPSA) is 133 Å². The van der Waals surface area contributed by atoms with Gasteiger partial charge in [-0.15, -0.1) is 0 Å². The number of ketones is 1. The van der Waals surface area contributed by atoms with E-state index in [1.807, 2.05) is 6.92 Å². The molecule has 1 aromatic rings. The number of carbonyl (C=O) groups is 2. The first-order valence-electron chi connectivity index (χ1n) is 13.0. The van der Waals surface area contributed by atoms with Crippen molar-refractivity contribution in [1.82, 2.24) is 10.1 Å². The maximum Gasteiger partial charge on any atom is 0.410 e. The van der Waals surface area contributed by atoms with Crippen LogP contribution in [0.25, 0.3) is 0 Å². The number of aromatic nitrogens is 1. The predicted molar refractivity (Wildman–Crippen MR) is 133 cm³/mol. The molecule has 2 bridgehead atoms. The van der Waals surface area contributed by atoms with Crippen LogP contribution in [0.4, 0.5) is 4.79 Å². The lowest BCUT2D eigenvalue weighted by Gasteiger charge is -2.48. The first-order chi connectivity index (χ1) is 17.2. The summed E-state index contributed by atoms with van der Waals surface area (Å²) in [4.78, 5) is 29.0. The summed E-state index contributed by atoms with van der Waals surface area (Å²) in [5, 5.41) is 38.2. The van der Waals surface area contributed by atoms with E-state index >= 15 is 0 Å². The number of amides is 1. The highest BCUT2D eigenvalue weighted by atomic mass is 16.6. The maximum absolute atomic E-state index is 14.4. The molecule has 2 fully saturated rings. The van der Waals surface area contributed by atoms with E-state index in [-0.39, 0.29) is 41.1 Å². The fraction of sp³-hybridized carbons (Fsp3) is 0.679. The standard InChI is InChI=1S/C28H38N2O7/c1-13-10-27-14(2)8-20-21(26(20,5)6)18(23(27)33)9-17(12-31)22(32)28(27,35)24(13)36-25(34)30(7)11-19-15(3)29-37-16(19)4/h9-10,14,18,20-22,24,31-32,35H,8,11-12H2,1-7H3/t14?,18-,20+,21-,22+,24-,27?,28-/m0/s1. The van der Waals surface area contributed by atoms with Gasteiger partial charge in [0.15, 0.2) is 17.5 Å². The van der Waals surface area contributed by atoms with E-state index in [0.29, 0.717) is 23.4 Å². The van der Waals surface area contributed by atoms with Gasteiger partial charge in [-0.25, -0.2) is 4.79 Å². The van der Waals surface area contributed by atoms with Crippen LogP contribution in [0.1, 0.15) is 51.1 Å². The third-order valence-electron chi connectivity index (χ3n) is 10.0. The highest BCUT2D eigenvalue weighted by Gasteiger charge is 2.76. The van der Waals surface area contributed by atoms with Crippen LogP contribution in [0, 0.1) is 48.3 Å². The van der Waals surface area contributed by atoms with E-state index in [2.05, 4.69) is 19.0 Å². The molecule has 0 aromatic carbocycles. The Balaban J connectivity index is 1.53. The SMILES string of the molecule is CC1=CC23C(=O)[C@@H](C=C(CO)[C@@H](O)[C@]2(O)[C@H]1OC(=O)N(C)Cc1c(C)noc1C)[C@H]1[C@@H](CC3C)C1(C)C. The molecule has 0 aliphatic heterocycles. The minimum absolute atomic E-state index is 0.0508. The highest BCUT2D eigenvalue weighted by Crippen LogP contribution is 2.71. The smallest absolute Gasteiger partial charge is 0.410 e. The average Bonchev–Trinajstić information content (AvgIpc) is 3.15. The summed E-state index contributed by atoms with van der Waals surface area (Å²) in [6.45, 7) is 11.2. The Morgan fingerprint density at radius 3 is 2.57 bits per heavy atom. The van der Waals surface area contributed by atoms with E-state index in [1.165, 1.54) is 4.90 Å². The second kappa shape index (κ2) is 8.25. The van der Waals surface area contributed by atoms with Crippen molar-refractivity contribution in [3.05, 3.63) is 40.3 Å². The molecule has 4 aliphatic carbocycles. The van der Waals surface area contributed by atoms with Crippen LogP contribution in [-0.2, 0) is 16.1 Å². The van der Waals surface area contributed by atoms with Crippen molar-refractivity contribution in [3.8, 4) is 0 Å². The second-order valence-corrected chi connectivity index (χ2v) is 12.3. The van der Waals surface area contributed by atoms with Crippen LogP contribution < -0.4 is 0 Å². The molecule has 2 saturated carbocycles. The Bertz CT molecular complexity index is 1200. The number of allylic oxidation sites excluding steroid dienone is 1. The predicted octanol–water partition coefficient (Wildman–Crippen LogP) is 2.70. The van der Waals surface area contributed by atoms with Gasteiger partial charge < -0.3 is 29.5 Å². The maximum atomic E-state index is 14.4. The summed E-state index contributed by atoms with van der Waals surface area (Å²) >= 11 is 0. The fourth-order valence-electron chi connectivity index (χ4n) is 7.81. The number of Topliss-reactive ketones (excluding diaryl/α,β-unsaturated/α-hetero) is 1. The lowest BCUT2D eigenvalue weighted by Crippen LogP contribution is -2.66. The van der Waals surface area contributed by atoms with Crippen LogP contribution in [-0.4, -0.2) is 68.7 Å². The van der Waals surface area contributed by atoms with Gasteiger partial charge in [0.2, 0.25) is 0 Å². The van der Waals surface area contributed by atoms with Gasteiger partial charge in [-0.1, -0.05) is 38.1 Å². The Kier molecular flexibility index (Phi) is 5.83. The number of aryl methyl sites for hydroxylation is 2. The Morgan fingerprint density at radius 1 is 1.30 bits per heavy atom. The summed E-state index contributed by atoms with van der Waals surface area (Å²) in [5.41, 5.74) is -1.55. The van der Waals surface area contributed by atoms with Crippen LogP contribution in [0.3, 0.4) is 0 Å². The number of fused-ring (bicyclic) bond motifs is 3. The molecular weight excluding hydrogens is 476 g/mol. The van der Waals surface area contributed by atoms with E-state index < -0.39 is 41.8 Å². The Morgan fingerprint density at radius 2 is 1.97 bits per heavy atom. The molecule has 0 saturated heterocycles. The minimum Gasteiger partial charge on any atom is -0.438 e. The zero-order valence-corrected chi connectivity index (χ0v) is 22.6. The average molecular weight is 515 g/mol. The van der Waals surface area contributed by atoms with Gasteiger partial charge in [-0.3, -0.25) is 4.79 Å². The summed E-state index contributed by atoms with van der Waals surface area (Å²) in [6.07, 6.45) is 0.517. The lowest BCUT2D eigenvalue weighted by molar-refractivity contribution is -0.191. The van der Waals surface area contributed by atoms with Crippen molar-refractivity contribution in [1.29, 1.82) is 0 Å². The molecule has 1 heterocycles. The summed E-state index contributed by atoms with van der Waals surface area (Å²) in [7, 11) is 1.57. The molecule has 3 N–H and O–H groups in total. The minimum atomic E-state index is -2.16. The summed E-state index contributed by atoms with van der Waals surface area (Å²) < 4.78 is 11.1. The van der Waals surface area contributed by atoms with Crippen molar-refractivity contribution in [2.24, 2.45) is 34.5 Å². The Labute approximate surface area is 217 Å². The molecule has 4 aliphatic rings. The first kappa shape index (κ1) is 26.1. The van der Waals surface area contributed by atoms with Crippen LogP contribution in [0.2, 0.25) is 0 Å². The molecule has 9 heteroatoms. The Hall–Kier alpha value is -2.49. The molecule has 1 amide bonds. The second-order valence-electron chi connectivity index (χ2n) is 12.3. The molecule has 0 radical (unpaired) electrons. The molecule has 1 aromatic heterocycles. The van der Waals surface area contributed by atoms with Gasteiger partial charge >= 0.3 is 6.09 Å². The monoisotopic (exact) mass is 514 g/mol. The largest absolute Gasteiger partial charge is 0.438 e. The number of rotatable bonds is 4. The number of ether oxygens (including phenoxy) is 1. The first-order valence-corrected chi connectivity index (χ1v) is 13.0. The number of carbonyl (C=O) groups excluding carboxylic acids is 2. The summed E-state index contributed by atoms with van der Waals surface area (Å²) in [6, 6.07) is 0. The van der Waals surface area contributed by atoms with Gasteiger partial charge in [0, 0.05) is 18.5 Å². The zero-order chi connectivity index (χ0) is 27.2. The van der Waals surface area contributed by atoms with Crippen molar-refractivity contribution in [3.63, 3.8) is 0 Å². The van der Waals surface area contributed by atoms with Gasteiger partial charge in [-0.05, 0) is 61.5 Å². The number of hydrogen-bond acceptors (Lipinski definition) is 8. The summed E-state index contributed by atoms with van der Waals surface area (Å²) in [5.74, 6) is -0.1000.